The number of fused-ring (bicyclic) bond motifs is 2. The van der Waals surface area contributed by atoms with E-state index in [4.69, 9.17) is 0 Å². The molecule has 2 aliphatic rings. The zero-order chi connectivity index (χ0) is 14.4. The average Bonchev–Trinajstić information content (AvgIpc) is 3.02. The van der Waals surface area contributed by atoms with Gasteiger partial charge in [-0.05, 0) is 0 Å². The van der Waals surface area contributed by atoms with Crippen LogP contribution >= 0.6 is 0 Å². The molecule has 21 heavy (non-hydrogen) atoms. The van der Waals surface area contributed by atoms with E-state index >= 15 is 0 Å². The predicted octanol–water partition coefficient (Wildman–Crippen LogP) is 4.77. The molecule has 1 N–H and O–H groups in total. The summed E-state index contributed by atoms with van der Waals surface area (Å²) in [6.07, 6.45) is 1.11. The second-order valence-corrected chi connectivity index (χ2v) is 7.49. The molecule has 1 atom stereocenters. The van der Waals surface area contributed by atoms with Crippen molar-refractivity contribution < 1.29 is 0 Å². The van der Waals surface area contributed by atoms with Crippen LogP contribution in [-0.4, -0.2) is 14.6 Å². The van der Waals surface area contributed by atoms with Gasteiger partial charge in [-0.3, -0.25) is 0 Å². The van der Waals surface area contributed by atoms with Gasteiger partial charge in [-0.15, -0.1) is 0 Å². The first-order chi connectivity index (χ1) is 10.1. The second-order valence-electron chi connectivity index (χ2n) is 6.38. The fourth-order valence-corrected chi connectivity index (χ4v) is 4.50. The maximum absolute atomic E-state index is 4.58. The Morgan fingerprint density at radius 2 is 1.95 bits per heavy atom. The third kappa shape index (κ3) is 2.10. The summed E-state index contributed by atoms with van der Waals surface area (Å²) in [6.45, 7) is 4.67. The van der Waals surface area contributed by atoms with Crippen LogP contribution in [0, 0.1) is 5.41 Å². The molecule has 1 aliphatic carbocycles. The van der Waals surface area contributed by atoms with Crippen molar-refractivity contribution in [2.75, 3.05) is 5.32 Å². The van der Waals surface area contributed by atoms with Crippen molar-refractivity contribution >= 4 is 31.6 Å². The number of anilines is 1. The maximum atomic E-state index is 4.58. The Morgan fingerprint density at radius 3 is 2.86 bits per heavy atom. The van der Waals surface area contributed by atoms with Gasteiger partial charge in [-0.25, -0.2) is 0 Å². The van der Waals surface area contributed by atoms with Gasteiger partial charge in [-0.1, -0.05) is 0 Å². The molecule has 0 aromatic heterocycles. The zero-order valence-electron chi connectivity index (χ0n) is 12.1. The first-order valence-corrected chi connectivity index (χ1v) is 8.74. The summed E-state index contributed by atoms with van der Waals surface area (Å²) >= 11 is 0.0171. The van der Waals surface area contributed by atoms with Crippen molar-refractivity contribution in [2.45, 2.75) is 26.3 Å². The van der Waals surface area contributed by atoms with Crippen molar-refractivity contribution in [3.63, 3.8) is 0 Å². The molecule has 2 aromatic rings. The molecule has 0 fully saturated rings. The van der Waals surface area contributed by atoms with Crippen molar-refractivity contribution in [3.05, 3.63) is 53.6 Å². The van der Waals surface area contributed by atoms with E-state index in [1.165, 1.54) is 11.1 Å². The van der Waals surface area contributed by atoms with E-state index in [1.54, 1.807) is 0 Å². The topological polar surface area (TPSA) is 36.8 Å². The Kier molecular flexibility index (Phi) is 2.91. The van der Waals surface area contributed by atoms with Gasteiger partial charge >= 0.3 is 130 Å². The number of benzene rings is 2. The van der Waals surface area contributed by atoms with Gasteiger partial charge in [0.15, 0.2) is 0 Å². The Bertz CT molecular complexity index is 788. The standard InChI is InChI=1S/C17H17N3Se/c1-17(2)10-11-6-3-4-7-12(11)16(17)18-13-8-5-9-14-15(13)20-21-19-14/h3-9,16,18H,10H2,1-2H3. The number of hydrogen-bond donors (Lipinski definition) is 1. The fraction of sp³-hybridized carbons (Fsp3) is 0.294. The molecule has 0 radical (unpaired) electrons. The van der Waals surface area contributed by atoms with Crippen LogP contribution in [0.1, 0.15) is 31.0 Å². The molecule has 0 saturated carbocycles. The molecule has 1 aliphatic heterocycles. The number of rotatable bonds is 2. The van der Waals surface area contributed by atoms with E-state index in [0.717, 1.165) is 23.5 Å². The van der Waals surface area contributed by atoms with E-state index in [1.807, 2.05) is 6.07 Å². The summed E-state index contributed by atoms with van der Waals surface area (Å²) < 4.78 is 9.05. The molecule has 0 bridgehead atoms. The van der Waals surface area contributed by atoms with Crippen LogP contribution in [-0.2, 0) is 6.42 Å². The first-order valence-electron chi connectivity index (χ1n) is 7.21. The molecule has 0 amide bonds. The monoisotopic (exact) mass is 343 g/mol. The number of hydrogen-bond acceptors (Lipinski definition) is 3. The molecule has 0 spiro atoms. The van der Waals surface area contributed by atoms with E-state index < -0.39 is 0 Å². The molecule has 4 heteroatoms. The summed E-state index contributed by atoms with van der Waals surface area (Å²) in [5, 5.41) is 3.74. The van der Waals surface area contributed by atoms with Crippen molar-refractivity contribution in [2.24, 2.45) is 13.3 Å². The minimum absolute atomic E-state index is 0.0171. The van der Waals surface area contributed by atoms with Crippen molar-refractivity contribution in [1.29, 1.82) is 0 Å². The third-order valence-electron chi connectivity index (χ3n) is 4.38. The van der Waals surface area contributed by atoms with Crippen molar-refractivity contribution in [1.82, 2.24) is 0 Å². The average molecular weight is 342 g/mol. The van der Waals surface area contributed by atoms with Gasteiger partial charge in [0.2, 0.25) is 0 Å². The zero-order valence-corrected chi connectivity index (χ0v) is 13.8. The van der Waals surface area contributed by atoms with Gasteiger partial charge in [0.1, 0.15) is 0 Å². The van der Waals surface area contributed by atoms with Crippen molar-refractivity contribution in [3.8, 4) is 0 Å². The quantitative estimate of drug-likeness (QED) is 0.669. The second kappa shape index (κ2) is 4.69. The van der Waals surface area contributed by atoms with Crippen LogP contribution in [0.4, 0.5) is 17.1 Å². The van der Waals surface area contributed by atoms with Crippen LogP contribution in [0.3, 0.4) is 0 Å². The predicted molar refractivity (Wildman–Crippen MR) is 86.7 cm³/mol. The van der Waals surface area contributed by atoms with Gasteiger partial charge in [0.05, 0.1) is 0 Å². The van der Waals surface area contributed by atoms with Crippen LogP contribution in [0.5, 0.6) is 0 Å². The Balaban J connectivity index is 1.75. The van der Waals surface area contributed by atoms with E-state index in [2.05, 4.69) is 63.5 Å². The molecule has 1 heterocycles. The van der Waals surface area contributed by atoms with E-state index in [9.17, 15) is 0 Å². The Morgan fingerprint density at radius 1 is 1.10 bits per heavy atom. The summed E-state index contributed by atoms with van der Waals surface area (Å²) in [7, 11) is 0. The van der Waals surface area contributed by atoms with Crippen LogP contribution in [0.15, 0.2) is 50.4 Å². The number of nitrogens with zero attached hydrogens (tertiary/aromatic N) is 2. The third-order valence-corrected chi connectivity index (χ3v) is 5.52. The molecular weight excluding hydrogens is 325 g/mol. The molecule has 2 aromatic carbocycles. The van der Waals surface area contributed by atoms with E-state index in [0.29, 0.717) is 6.04 Å². The molecule has 0 saturated heterocycles. The Hall–Kier alpha value is -1.64. The summed E-state index contributed by atoms with van der Waals surface area (Å²) in [6, 6.07) is 15.3. The first kappa shape index (κ1) is 13.1. The molecular formula is C17H17N3Se. The minimum atomic E-state index is 0.0171. The van der Waals surface area contributed by atoms with Gasteiger partial charge < -0.3 is 0 Å². The molecule has 4 rings (SSSR count). The van der Waals surface area contributed by atoms with E-state index in [-0.39, 0.29) is 20.0 Å². The SMILES string of the molecule is CC1(C)Cc2ccccc2C1Nc1cccc2c1N=[Se]=N2. The normalized spacial score (nSPS) is 20.8. The summed E-state index contributed by atoms with van der Waals surface area (Å²) in [4.78, 5) is 0. The summed E-state index contributed by atoms with van der Waals surface area (Å²) in [5.41, 5.74) is 6.26. The molecule has 1 unspecified atom stereocenters. The van der Waals surface area contributed by atoms with Crippen LogP contribution < -0.4 is 5.32 Å². The summed E-state index contributed by atoms with van der Waals surface area (Å²) in [5.74, 6) is 0. The van der Waals surface area contributed by atoms with Gasteiger partial charge in [0.25, 0.3) is 0 Å². The van der Waals surface area contributed by atoms with Gasteiger partial charge in [0, 0.05) is 0 Å². The molecule has 3 nitrogen and oxygen atoms in total. The van der Waals surface area contributed by atoms with Gasteiger partial charge in [-0.2, -0.15) is 0 Å². The van der Waals surface area contributed by atoms with Crippen LogP contribution in [0.25, 0.3) is 0 Å². The Labute approximate surface area is 130 Å². The molecule has 106 valence electrons. The number of nitrogens with one attached hydrogen (secondary N) is 1. The fourth-order valence-electron chi connectivity index (χ4n) is 3.34. The van der Waals surface area contributed by atoms with Crippen LogP contribution in [0.2, 0.25) is 0 Å².